The smallest absolute Gasteiger partial charge is 0.313 e. The Bertz CT molecular complexity index is 1100. The summed E-state index contributed by atoms with van der Waals surface area (Å²) in [7, 11) is -4.53. The summed E-state index contributed by atoms with van der Waals surface area (Å²) in [6.45, 7) is 1.70. The van der Waals surface area contributed by atoms with Crippen LogP contribution in [0.2, 0.25) is 0 Å². The van der Waals surface area contributed by atoms with Crippen molar-refractivity contribution in [1.29, 1.82) is 5.26 Å². The van der Waals surface area contributed by atoms with Gasteiger partial charge in [0.15, 0.2) is 6.01 Å². The fraction of sp³-hybridized carbons (Fsp3) is 0.222. The molecule has 0 radical (unpaired) electrons. The maximum absolute atomic E-state index is 14.0. The van der Waals surface area contributed by atoms with Crippen LogP contribution in [0.1, 0.15) is 27.0 Å². The Balaban J connectivity index is 2.17. The number of fused-ring (bicyclic) bond motifs is 1. The number of aryl methyl sites for hydroxylation is 1. The van der Waals surface area contributed by atoms with E-state index in [4.69, 9.17) is 10.00 Å². The van der Waals surface area contributed by atoms with Gasteiger partial charge in [-0.1, -0.05) is 0 Å². The topological polar surface area (TPSA) is 84.2 Å². The van der Waals surface area contributed by atoms with Crippen molar-refractivity contribution >= 4 is 15.6 Å². The first kappa shape index (κ1) is 18.9. The summed E-state index contributed by atoms with van der Waals surface area (Å²) in [5.74, 6) is -5.48. The van der Waals surface area contributed by atoms with Crippen LogP contribution in [0.15, 0.2) is 35.2 Å². The molecule has 0 saturated carbocycles. The number of carbonyl (C=O) groups is 1. The molecule has 0 spiro atoms. The van der Waals surface area contributed by atoms with Crippen molar-refractivity contribution in [2.75, 3.05) is 6.01 Å². The lowest BCUT2D eigenvalue weighted by Gasteiger charge is -2.13. The van der Waals surface area contributed by atoms with Gasteiger partial charge in [0.1, 0.15) is 11.5 Å². The number of Topliss-reactive ketones (excluding diaryl/α,β-unsaturated/α-hetero) is 1. The van der Waals surface area contributed by atoms with Gasteiger partial charge >= 0.3 is 5.92 Å². The average molecular weight is 395 g/mol. The van der Waals surface area contributed by atoms with Gasteiger partial charge in [-0.05, 0) is 42.8 Å². The first-order valence-corrected chi connectivity index (χ1v) is 9.31. The molecule has 0 saturated heterocycles. The van der Waals surface area contributed by atoms with E-state index in [9.17, 15) is 26.4 Å². The molecular formula is C18H12F3NO4S. The maximum atomic E-state index is 14.0. The van der Waals surface area contributed by atoms with Crippen molar-refractivity contribution in [3.63, 3.8) is 0 Å². The van der Waals surface area contributed by atoms with Crippen LogP contribution in [0.5, 0.6) is 11.5 Å². The van der Waals surface area contributed by atoms with E-state index >= 15 is 0 Å². The molecule has 2 aromatic carbocycles. The number of ketones is 1. The molecule has 0 heterocycles. The van der Waals surface area contributed by atoms with Gasteiger partial charge in [0.25, 0.3) is 0 Å². The second-order valence-corrected chi connectivity index (χ2v) is 7.99. The van der Waals surface area contributed by atoms with Crippen LogP contribution < -0.4 is 4.74 Å². The molecule has 1 aliphatic rings. The van der Waals surface area contributed by atoms with Gasteiger partial charge in [0.05, 0.1) is 16.5 Å². The molecular weight excluding hydrogens is 383 g/mol. The van der Waals surface area contributed by atoms with Crippen LogP contribution in [0.25, 0.3) is 0 Å². The summed E-state index contributed by atoms with van der Waals surface area (Å²) in [6.07, 6.45) is -1.05. The Morgan fingerprint density at radius 3 is 2.59 bits per heavy atom. The van der Waals surface area contributed by atoms with E-state index in [0.29, 0.717) is 5.56 Å². The SMILES string of the molecule is Cc1cc(C#N)cc(Oc2ccc(S(=O)(=O)CF)c3c2CC(F)(F)C3=O)c1. The Labute approximate surface area is 152 Å². The predicted molar refractivity (Wildman–Crippen MR) is 88.6 cm³/mol. The Kier molecular flexibility index (Phi) is 4.48. The highest BCUT2D eigenvalue weighted by Crippen LogP contribution is 2.43. The molecule has 1 aliphatic carbocycles. The lowest BCUT2D eigenvalue weighted by atomic mass is 10.1. The molecule has 27 heavy (non-hydrogen) atoms. The number of hydrogen-bond donors (Lipinski definition) is 0. The minimum Gasteiger partial charge on any atom is -0.457 e. The third-order valence-electron chi connectivity index (χ3n) is 4.08. The molecule has 0 fully saturated rings. The molecule has 5 nitrogen and oxygen atoms in total. The number of alkyl halides is 3. The quantitative estimate of drug-likeness (QED) is 0.788. The van der Waals surface area contributed by atoms with Gasteiger partial charge in [0.2, 0.25) is 15.6 Å². The first-order chi connectivity index (χ1) is 12.6. The summed E-state index contributed by atoms with van der Waals surface area (Å²) >= 11 is 0. The second kappa shape index (κ2) is 6.39. The molecule has 3 rings (SSSR count). The summed E-state index contributed by atoms with van der Waals surface area (Å²) < 4.78 is 70.1. The van der Waals surface area contributed by atoms with E-state index in [1.807, 2.05) is 6.07 Å². The molecule has 9 heteroatoms. The monoisotopic (exact) mass is 395 g/mol. The lowest BCUT2D eigenvalue weighted by molar-refractivity contribution is 0.0165. The van der Waals surface area contributed by atoms with E-state index < -0.39 is 44.4 Å². The number of nitriles is 1. The first-order valence-electron chi connectivity index (χ1n) is 7.66. The lowest BCUT2D eigenvalue weighted by Crippen LogP contribution is -2.24. The van der Waals surface area contributed by atoms with E-state index in [0.717, 1.165) is 12.1 Å². The molecule has 0 atom stereocenters. The number of carbonyl (C=O) groups excluding carboxylic acids is 1. The summed E-state index contributed by atoms with van der Waals surface area (Å²) in [4.78, 5) is 11.2. The normalized spacial score (nSPS) is 15.3. The highest BCUT2D eigenvalue weighted by Gasteiger charge is 2.50. The molecule has 0 aliphatic heterocycles. The Morgan fingerprint density at radius 2 is 1.96 bits per heavy atom. The number of nitrogens with zero attached hydrogens (tertiary/aromatic N) is 1. The minimum absolute atomic E-state index is 0.150. The molecule has 0 amide bonds. The zero-order valence-corrected chi connectivity index (χ0v) is 14.7. The number of rotatable bonds is 4. The van der Waals surface area contributed by atoms with Gasteiger partial charge in [-0.3, -0.25) is 4.79 Å². The van der Waals surface area contributed by atoms with Gasteiger partial charge in [-0.25, -0.2) is 12.8 Å². The van der Waals surface area contributed by atoms with Crippen molar-refractivity contribution in [2.45, 2.75) is 24.2 Å². The van der Waals surface area contributed by atoms with Gasteiger partial charge in [-0.2, -0.15) is 14.0 Å². The molecule has 0 N–H and O–H groups in total. The second-order valence-electron chi connectivity index (χ2n) is 6.10. The fourth-order valence-electron chi connectivity index (χ4n) is 2.93. The van der Waals surface area contributed by atoms with E-state index in [-0.39, 0.29) is 22.6 Å². The van der Waals surface area contributed by atoms with Crippen LogP contribution in [-0.2, 0) is 16.3 Å². The van der Waals surface area contributed by atoms with Crippen LogP contribution in [0, 0.1) is 18.3 Å². The zero-order chi connectivity index (χ0) is 20.0. The van der Waals surface area contributed by atoms with Crippen molar-refractivity contribution in [2.24, 2.45) is 0 Å². The summed E-state index contributed by atoms with van der Waals surface area (Å²) in [5, 5.41) is 9.01. The van der Waals surface area contributed by atoms with E-state index in [1.165, 1.54) is 6.07 Å². The largest absolute Gasteiger partial charge is 0.457 e. The van der Waals surface area contributed by atoms with Crippen molar-refractivity contribution < 1.29 is 31.1 Å². The van der Waals surface area contributed by atoms with Gasteiger partial charge in [0, 0.05) is 17.5 Å². The maximum Gasteiger partial charge on any atom is 0.313 e. The standard InChI is InChI=1S/C18H12F3NO4S/c1-10-4-11(8-22)6-12(5-10)26-14-2-3-15(27(24,25)9-19)16-13(14)7-18(20,21)17(16)23/h2-6H,7,9H2,1H3. The number of halogens is 3. The van der Waals surface area contributed by atoms with Crippen LogP contribution in [-0.4, -0.2) is 26.1 Å². The fourth-order valence-corrected chi connectivity index (χ4v) is 3.85. The summed E-state index contributed by atoms with van der Waals surface area (Å²) in [6, 6.07) is 6.61. The highest BCUT2D eigenvalue weighted by atomic mass is 32.2. The van der Waals surface area contributed by atoms with Crippen molar-refractivity contribution in [3.8, 4) is 17.6 Å². The molecule has 0 unspecified atom stereocenters. The zero-order valence-electron chi connectivity index (χ0n) is 13.9. The van der Waals surface area contributed by atoms with Crippen molar-refractivity contribution in [3.05, 3.63) is 52.6 Å². The minimum atomic E-state index is -4.53. The number of ether oxygens (including phenoxy) is 1. The Hall–Kier alpha value is -2.86. The van der Waals surface area contributed by atoms with Crippen LogP contribution in [0.3, 0.4) is 0 Å². The predicted octanol–water partition coefficient (Wildman–Crippen LogP) is 3.73. The molecule has 0 bridgehead atoms. The third-order valence-corrected chi connectivity index (χ3v) is 5.37. The number of benzene rings is 2. The van der Waals surface area contributed by atoms with E-state index in [1.54, 1.807) is 19.1 Å². The average Bonchev–Trinajstić information content (AvgIpc) is 2.85. The van der Waals surface area contributed by atoms with Crippen LogP contribution >= 0.6 is 0 Å². The highest BCUT2D eigenvalue weighted by molar-refractivity contribution is 7.91. The molecule has 140 valence electrons. The van der Waals surface area contributed by atoms with Gasteiger partial charge in [-0.15, -0.1) is 0 Å². The van der Waals surface area contributed by atoms with E-state index in [2.05, 4.69) is 0 Å². The molecule has 2 aromatic rings. The van der Waals surface area contributed by atoms with Crippen LogP contribution in [0.4, 0.5) is 13.2 Å². The van der Waals surface area contributed by atoms with Gasteiger partial charge < -0.3 is 4.74 Å². The summed E-state index contributed by atoms with van der Waals surface area (Å²) in [5.41, 5.74) is -0.0961. The number of sulfone groups is 1. The third kappa shape index (κ3) is 3.28. The number of hydrogen-bond acceptors (Lipinski definition) is 5. The van der Waals surface area contributed by atoms with Crippen molar-refractivity contribution in [1.82, 2.24) is 0 Å². The molecule has 0 aromatic heterocycles. The Morgan fingerprint density at radius 1 is 1.26 bits per heavy atom.